The molecule has 0 saturated carbocycles. The molecule has 4 aliphatic heterocycles. The molecule has 0 N–H and O–H groups in total. The van der Waals surface area contributed by atoms with Gasteiger partial charge in [0.1, 0.15) is 46.3 Å². The standard InChI is InChI=1S/C93H54B2N8O2/c1-13-37-73-57(23-1)58-24-2-14-38-74(58)100(73)85-53-86(101-75-39-15-3-25-59(75)60-26-4-16-40-76(60)101)97-91(96-85)55-47-49-71-83(51-55)104-81-45-21-33-67-89(81)94(71)69-35-11-9-31-65(69)93(67)66-32-10-12-36-70(66)95-72-50-48-56(52-84(72)105-82-46-22-34-68(93)90(82)95)92-98-87(102-77-41-17-5-27-61(77)62-28-6-18-42-78(62)102)54-88(99-92)103-79-43-19-7-29-63(79)64-30-8-20-44-80(64)103/h1-54H. The van der Waals surface area contributed by atoms with Gasteiger partial charge in [-0.2, -0.15) is 0 Å². The number of fused-ring (bicyclic) bond motifs is 24. The molecule has 0 radical (unpaired) electrons. The van der Waals surface area contributed by atoms with Crippen LogP contribution in [-0.4, -0.2) is 51.6 Å². The number of nitrogens with zero attached hydrogens (tertiary/aromatic N) is 8. The Morgan fingerprint density at radius 1 is 0.229 bits per heavy atom. The van der Waals surface area contributed by atoms with E-state index in [1.54, 1.807) is 0 Å². The number of rotatable bonds is 6. The van der Waals surface area contributed by atoms with E-state index in [1.165, 1.54) is 33.2 Å². The van der Waals surface area contributed by atoms with Gasteiger partial charge in [0.05, 0.1) is 49.5 Å². The first-order valence-electron chi connectivity index (χ1n) is 35.9. The third-order valence-electron chi connectivity index (χ3n) is 23.1. The fourth-order valence-corrected chi connectivity index (χ4v) is 19.0. The Bertz CT molecular complexity index is 6340. The van der Waals surface area contributed by atoms with E-state index in [1.807, 2.05) is 0 Å². The average molecular weight is 1340 g/mol. The highest BCUT2D eigenvalue weighted by molar-refractivity contribution is 6.99. The molecule has 4 aliphatic rings. The van der Waals surface area contributed by atoms with Crippen molar-refractivity contribution in [1.82, 2.24) is 38.2 Å². The van der Waals surface area contributed by atoms with Gasteiger partial charge >= 0.3 is 0 Å². The molecular formula is C93H54B2N8O2. The van der Waals surface area contributed by atoms with Crippen LogP contribution in [0.15, 0.2) is 328 Å². The Morgan fingerprint density at radius 2 is 0.495 bits per heavy atom. The smallest absolute Gasteiger partial charge is 0.251 e. The number of aromatic nitrogens is 8. The lowest BCUT2D eigenvalue weighted by molar-refractivity contribution is 0.484. The molecule has 10 heterocycles. The van der Waals surface area contributed by atoms with Crippen molar-refractivity contribution in [3.8, 4) is 69.0 Å². The lowest BCUT2D eigenvalue weighted by Gasteiger charge is -2.51. The van der Waals surface area contributed by atoms with Crippen LogP contribution in [0.1, 0.15) is 22.3 Å². The van der Waals surface area contributed by atoms with Crippen LogP contribution in [0.5, 0.6) is 23.0 Å². The maximum Gasteiger partial charge on any atom is 0.251 e. The zero-order chi connectivity index (χ0) is 68.3. The van der Waals surface area contributed by atoms with Crippen molar-refractivity contribution in [3.63, 3.8) is 0 Å². The Labute approximate surface area is 601 Å². The summed E-state index contributed by atoms with van der Waals surface area (Å²) in [6.45, 7) is -0.334. The zero-order valence-electron chi connectivity index (χ0n) is 56.2. The van der Waals surface area contributed by atoms with E-state index >= 15 is 0 Å². The van der Waals surface area contributed by atoms with Crippen LogP contribution in [0.2, 0.25) is 0 Å². The van der Waals surface area contributed by atoms with Gasteiger partial charge in [0, 0.05) is 66.3 Å². The molecule has 14 aromatic carbocycles. The van der Waals surface area contributed by atoms with E-state index in [-0.39, 0.29) is 13.4 Å². The zero-order valence-corrected chi connectivity index (χ0v) is 56.2. The van der Waals surface area contributed by atoms with Gasteiger partial charge in [0.25, 0.3) is 13.4 Å². The monoisotopic (exact) mass is 1340 g/mol. The molecule has 0 amide bonds. The molecule has 105 heavy (non-hydrogen) atoms. The number of benzene rings is 14. The highest BCUT2D eigenvalue weighted by atomic mass is 16.5. The Kier molecular flexibility index (Phi) is 11.4. The highest BCUT2D eigenvalue weighted by Gasteiger charge is 2.56. The second-order valence-corrected chi connectivity index (χ2v) is 28.2. The summed E-state index contributed by atoms with van der Waals surface area (Å²) in [6, 6.07) is 118. The fourth-order valence-electron chi connectivity index (χ4n) is 19.0. The van der Waals surface area contributed by atoms with Gasteiger partial charge in [-0.1, -0.05) is 254 Å². The van der Waals surface area contributed by atoms with Crippen LogP contribution >= 0.6 is 0 Å². The average Bonchev–Trinajstić information content (AvgIpc) is 1.54. The van der Waals surface area contributed by atoms with Gasteiger partial charge < -0.3 is 9.47 Å². The lowest BCUT2D eigenvalue weighted by atomic mass is 9.25. The molecule has 12 heteroatoms. The van der Waals surface area contributed by atoms with E-state index in [0.717, 1.165) is 166 Å². The van der Waals surface area contributed by atoms with Gasteiger partial charge in [0.2, 0.25) is 0 Å². The molecule has 484 valence electrons. The number of hydrogen-bond acceptors (Lipinski definition) is 6. The van der Waals surface area contributed by atoms with Crippen molar-refractivity contribution < 1.29 is 9.47 Å². The van der Waals surface area contributed by atoms with Gasteiger partial charge in [-0.15, -0.1) is 0 Å². The molecule has 0 bridgehead atoms. The molecule has 10 nitrogen and oxygen atoms in total. The molecule has 0 atom stereocenters. The van der Waals surface area contributed by atoms with Crippen LogP contribution in [0.25, 0.3) is 133 Å². The van der Waals surface area contributed by atoms with E-state index in [9.17, 15) is 0 Å². The predicted molar refractivity (Wildman–Crippen MR) is 427 cm³/mol. The minimum Gasteiger partial charge on any atom is -0.458 e. The summed E-state index contributed by atoms with van der Waals surface area (Å²) in [6.07, 6.45) is 0. The van der Waals surface area contributed by atoms with Gasteiger partial charge in [-0.25, -0.2) is 19.9 Å². The van der Waals surface area contributed by atoms with Crippen molar-refractivity contribution in [2.45, 2.75) is 5.41 Å². The van der Waals surface area contributed by atoms with E-state index < -0.39 is 5.41 Å². The van der Waals surface area contributed by atoms with Crippen molar-refractivity contribution in [1.29, 1.82) is 0 Å². The lowest BCUT2D eigenvalue weighted by Crippen LogP contribution is -2.69. The van der Waals surface area contributed by atoms with Crippen molar-refractivity contribution >= 4 is 133 Å². The Balaban J connectivity index is 0.657. The highest BCUT2D eigenvalue weighted by Crippen LogP contribution is 2.51. The largest absolute Gasteiger partial charge is 0.458 e. The summed E-state index contributed by atoms with van der Waals surface area (Å²) in [7, 11) is 0. The van der Waals surface area contributed by atoms with E-state index in [0.29, 0.717) is 11.6 Å². The number of hydrogen-bond donors (Lipinski definition) is 0. The second kappa shape index (κ2) is 21.1. The maximum atomic E-state index is 7.45. The van der Waals surface area contributed by atoms with Crippen LogP contribution in [0.3, 0.4) is 0 Å². The minimum atomic E-state index is -0.771. The topological polar surface area (TPSA) is 89.7 Å². The first-order valence-corrected chi connectivity index (χ1v) is 35.9. The van der Waals surface area contributed by atoms with E-state index in [2.05, 4.69) is 346 Å². The Hall–Kier alpha value is -13.8. The third kappa shape index (κ3) is 7.68. The van der Waals surface area contributed by atoms with Crippen LogP contribution in [-0.2, 0) is 5.41 Å². The quantitative estimate of drug-likeness (QED) is 0.154. The molecule has 0 aliphatic carbocycles. The summed E-state index contributed by atoms with van der Waals surface area (Å²) in [5.74, 6) is 7.44. The van der Waals surface area contributed by atoms with Crippen LogP contribution in [0, 0.1) is 0 Å². The summed E-state index contributed by atoms with van der Waals surface area (Å²) < 4.78 is 24.1. The van der Waals surface area contributed by atoms with Gasteiger partial charge in [-0.05, 0) is 117 Å². The molecule has 6 aromatic heterocycles. The summed E-state index contributed by atoms with van der Waals surface area (Å²) >= 11 is 0. The van der Waals surface area contributed by atoms with E-state index in [4.69, 9.17) is 29.4 Å². The normalized spacial score (nSPS) is 13.5. The minimum absolute atomic E-state index is 0.167. The molecule has 1 spiro atoms. The summed E-state index contributed by atoms with van der Waals surface area (Å²) in [4.78, 5) is 22.4. The van der Waals surface area contributed by atoms with Crippen molar-refractivity contribution in [2.24, 2.45) is 0 Å². The van der Waals surface area contributed by atoms with Crippen LogP contribution < -0.4 is 42.3 Å². The Morgan fingerprint density at radius 3 is 0.800 bits per heavy atom. The fraction of sp³-hybridized carbons (Fsp3) is 0.0108. The molecule has 24 rings (SSSR count). The number of ether oxygens (including phenoxy) is 2. The van der Waals surface area contributed by atoms with Gasteiger partial charge in [-0.3, -0.25) is 18.3 Å². The summed E-state index contributed by atoms with van der Waals surface area (Å²) in [5.41, 5.74) is 21.3. The third-order valence-corrected chi connectivity index (χ3v) is 23.1. The maximum absolute atomic E-state index is 7.45. The second-order valence-electron chi connectivity index (χ2n) is 28.2. The molecule has 0 saturated heterocycles. The van der Waals surface area contributed by atoms with Crippen LogP contribution in [0.4, 0.5) is 0 Å². The predicted octanol–water partition coefficient (Wildman–Crippen LogP) is 17.2. The molecular weight excluding hydrogens is 1280 g/mol. The summed E-state index contributed by atoms with van der Waals surface area (Å²) in [5, 5.41) is 9.30. The molecule has 0 fully saturated rings. The molecule has 20 aromatic rings. The number of para-hydroxylation sites is 8. The van der Waals surface area contributed by atoms with Crippen molar-refractivity contribution in [3.05, 3.63) is 350 Å². The van der Waals surface area contributed by atoms with Crippen molar-refractivity contribution in [2.75, 3.05) is 0 Å². The SMILES string of the molecule is c1ccc2c(c1)B1c3ccc(-c4nc(-n5c6ccccc6c6ccccc65)cc(-n5c6ccccc6c6ccccc65)n4)cc3Oc3cccc(c31)C21c2ccccc2B2c3ccc(-c4nc(-n5c6ccccc6c6ccccc65)cc(-n5c6ccccc6c6ccccc65)n4)cc3Oc3cccc1c32. The first-order chi connectivity index (χ1) is 52.1. The molecule has 0 unspecified atom stereocenters. The first kappa shape index (κ1) is 56.9. The van der Waals surface area contributed by atoms with Gasteiger partial charge in [0.15, 0.2) is 11.6 Å².